The zero-order valence-corrected chi connectivity index (χ0v) is 18.5. The summed E-state index contributed by atoms with van der Waals surface area (Å²) in [5.74, 6) is 0.998. The first kappa shape index (κ1) is 24.4. The first-order chi connectivity index (χ1) is 11.7. The average Bonchev–Trinajstić information content (AvgIpc) is 2.59. The number of piperidine rings is 1. The van der Waals surface area contributed by atoms with Crippen molar-refractivity contribution >= 4 is 35.8 Å². The van der Waals surface area contributed by atoms with Gasteiger partial charge < -0.3 is 20.3 Å². The van der Waals surface area contributed by atoms with Crippen molar-refractivity contribution in [3.63, 3.8) is 0 Å². The maximum atomic E-state index is 12.3. The van der Waals surface area contributed by atoms with Gasteiger partial charge in [0, 0.05) is 52.4 Å². The monoisotopic (exact) mass is 468 g/mol. The summed E-state index contributed by atoms with van der Waals surface area (Å²) in [4.78, 5) is 18.5. The van der Waals surface area contributed by atoms with E-state index in [1.807, 2.05) is 4.90 Å². The Morgan fingerprint density at radius 3 is 2.60 bits per heavy atom. The lowest BCUT2D eigenvalue weighted by molar-refractivity contribution is -0.134. The Balaban J connectivity index is 0.00000576. The summed E-state index contributed by atoms with van der Waals surface area (Å²) in [6.07, 6.45) is 7.27. The molecule has 0 saturated carbocycles. The lowest BCUT2D eigenvalue weighted by Gasteiger charge is -2.33. The Labute approximate surface area is 170 Å². The number of nitrogens with zero attached hydrogens (tertiary/aromatic N) is 2. The third-order valence-corrected chi connectivity index (χ3v) is 4.38. The molecule has 0 aliphatic carbocycles. The molecule has 0 bridgehead atoms. The van der Waals surface area contributed by atoms with Crippen LogP contribution in [0.15, 0.2) is 4.99 Å². The van der Waals surface area contributed by atoms with Gasteiger partial charge in [0.25, 0.3) is 0 Å². The van der Waals surface area contributed by atoms with Gasteiger partial charge in [0.15, 0.2) is 5.96 Å². The van der Waals surface area contributed by atoms with E-state index in [0.29, 0.717) is 19.0 Å². The van der Waals surface area contributed by atoms with Crippen LogP contribution in [0.25, 0.3) is 0 Å². The molecule has 1 amide bonds. The summed E-state index contributed by atoms with van der Waals surface area (Å²) in [6, 6.07) is 0.386. The van der Waals surface area contributed by atoms with Gasteiger partial charge in [0.05, 0.1) is 0 Å². The molecule has 1 rings (SSSR count). The van der Waals surface area contributed by atoms with Gasteiger partial charge in [0.2, 0.25) is 5.91 Å². The van der Waals surface area contributed by atoms with Crippen LogP contribution < -0.4 is 10.6 Å². The van der Waals surface area contributed by atoms with Gasteiger partial charge in [-0.1, -0.05) is 13.3 Å². The van der Waals surface area contributed by atoms with E-state index in [0.717, 1.165) is 57.9 Å². The largest absolute Gasteiger partial charge is 0.381 e. The number of hydrogen-bond acceptors (Lipinski definition) is 3. The summed E-state index contributed by atoms with van der Waals surface area (Å²) < 4.78 is 5.53. The van der Waals surface area contributed by atoms with E-state index in [1.165, 1.54) is 12.8 Å². The molecule has 6 nitrogen and oxygen atoms in total. The number of carbonyl (C=O) groups is 1. The van der Waals surface area contributed by atoms with Crippen molar-refractivity contribution in [3.05, 3.63) is 0 Å². The summed E-state index contributed by atoms with van der Waals surface area (Å²) in [5, 5.41) is 6.47. The van der Waals surface area contributed by atoms with Gasteiger partial charge in [-0.3, -0.25) is 9.79 Å². The van der Waals surface area contributed by atoms with Crippen LogP contribution in [0.1, 0.15) is 58.8 Å². The number of amides is 1. The van der Waals surface area contributed by atoms with Crippen molar-refractivity contribution < 1.29 is 9.53 Å². The molecule has 0 aromatic heterocycles. The van der Waals surface area contributed by atoms with Crippen LogP contribution >= 0.6 is 24.0 Å². The van der Waals surface area contributed by atoms with Crippen molar-refractivity contribution in [2.24, 2.45) is 4.99 Å². The smallest absolute Gasteiger partial charge is 0.224 e. The van der Waals surface area contributed by atoms with Gasteiger partial charge in [0.1, 0.15) is 0 Å². The first-order valence-corrected chi connectivity index (χ1v) is 9.50. The summed E-state index contributed by atoms with van der Waals surface area (Å²) in [6.45, 7) is 8.28. The van der Waals surface area contributed by atoms with Crippen LogP contribution in [0, 0.1) is 0 Å². The second-order valence-electron chi connectivity index (χ2n) is 6.43. The molecule has 0 spiro atoms. The van der Waals surface area contributed by atoms with Gasteiger partial charge in [-0.2, -0.15) is 0 Å². The molecule has 1 atom stereocenters. The van der Waals surface area contributed by atoms with E-state index < -0.39 is 0 Å². The lowest BCUT2D eigenvalue weighted by Crippen LogP contribution is -2.44. The quantitative estimate of drug-likeness (QED) is 0.224. The fourth-order valence-corrected chi connectivity index (χ4v) is 2.85. The van der Waals surface area contributed by atoms with Crippen molar-refractivity contribution in [1.29, 1.82) is 0 Å². The minimum Gasteiger partial charge on any atom is -0.381 e. The van der Waals surface area contributed by atoms with Gasteiger partial charge in [-0.15, -0.1) is 24.0 Å². The van der Waals surface area contributed by atoms with Crippen LogP contribution in [-0.2, 0) is 9.53 Å². The Morgan fingerprint density at radius 1 is 1.20 bits per heavy atom. The molecule has 1 heterocycles. The number of ether oxygens (including phenoxy) is 1. The van der Waals surface area contributed by atoms with E-state index >= 15 is 0 Å². The standard InChI is InChI=1S/C18H36N4O2.HI/c1-4-5-14-24-15-8-11-20-18(19-3)21-12-10-17(23)22-13-7-6-9-16(22)2;/h16H,4-15H2,1-3H3,(H2,19,20,21);1H. The minimum absolute atomic E-state index is 0. The zero-order valence-electron chi connectivity index (χ0n) is 16.2. The number of nitrogens with one attached hydrogen (secondary N) is 2. The third kappa shape index (κ3) is 10.9. The predicted octanol–water partition coefficient (Wildman–Crippen LogP) is 2.77. The van der Waals surface area contributed by atoms with Crippen LogP contribution in [0.3, 0.4) is 0 Å². The highest BCUT2D eigenvalue weighted by Crippen LogP contribution is 2.16. The summed E-state index contributed by atoms with van der Waals surface area (Å²) in [5.41, 5.74) is 0. The number of guanidine groups is 1. The lowest BCUT2D eigenvalue weighted by atomic mass is 10.0. The van der Waals surface area contributed by atoms with Crippen molar-refractivity contribution in [3.8, 4) is 0 Å². The molecule has 0 aromatic rings. The van der Waals surface area contributed by atoms with E-state index in [4.69, 9.17) is 4.74 Å². The Morgan fingerprint density at radius 2 is 1.92 bits per heavy atom. The minimum atomic E-state index is 0. The van der Waals surface area contributed by atoms with Crippen molar-refractivity contribution in [1.82, 2.24) is 15.5 Å². The first-order valence-electron chi connectivity index (χ1n) is 9.50. The van der Waals surface area contributed by atoms with Crippen LogP contribution in [0.2, 0.25) is 0 Å². The molecule has 148 valence electrons. The fourth-order valence-electron chi connectivity index (χ4n) is 2.85. The maximum absolute atomic E-state index is 12.3. The Hall–Kier alpha value is -0.570. The van der Waals surface area contributed by atoms with Crippen LogP contribution in [-0.4, -0.2) is 62.7 Å². The molecule has 1 aliphatic heterocycles. The summed E-state index contributed by atoms with van der Waals surface area (Å²) >= 11 is 0. The van der Waals surface area contributed by atoms with Gasteiger partial charge in [-0.05, 0) is 39.0 Å². The predicted molar refractivity (Wildman–Crippen MR) is 115 cm³/mol. The van der Waals surface area contributed by atoms with E-state index in [9.17, 15) is 4.79 Å². The van der Waals surface area contributed by atoms with Gasteiger partial charge in [-0.25, -0.2) is 0 Å². The normalized spacial score (nSPS) is 17.8. The number of halogens is 1. The number of rotatable bonds is 10. The highest BCUT2D eigenvalue weighted by molar-refractivity contribution is 14.0. The van der Waals surface area contributed by atoms with Crippen LogP contribution in [0.4, 0.5) is 0 Å². The Bertz CT molecular complexity index is 380. The second-order valence-corrected chi connectivity index (χ2v) is 6.43. The topological polar surface area (TPSA) is 66.0 Å². The van der Waals surface area contributed by atoms with Gasteiger partial charge >= 0.3 is 0 Å². The molecular weight excluding hydrogens is 431 g/mol. The number of carbonyl (C=O) groups excluding carboxylic acids is 1. The molecule has 7 heteroatoms. The zero-order chi connectivity index (χ0) is 17.6. The molecule has 0 radical (unpaired) electrons. The maximum Gasteiger partial charge on any atom is 0.224 e. The molecule has 1 aliphatic rings. The molecule has 1 fully saturated rings. The number of aliphatic imine (C=N–C) groups is 1. The van der Waals surface area contributed by atoms with Crippen LogP contribution in [0.5, 0.6) is 0 Å². The molecular formula is C18H37IN4O2. The highest BCUT2D eigenvalue weighted by Gasteiger charge is 2.22. The van der Waals surface area contributed by atoms with Crippen molar-refractivity contribution in [2.75, 3.05) is 39.9 Å². The molecule has 1 saturated heterocycles. The molecule has 2 N–H and O–H groups in total. The molecule has 25 heavy (non-hydrogen) atoms. The summed E-state index contributed by atoms with van der Waals surface area (Å²) in [7, 11) is 1.75. The SMILES string of the molecule is CCCCOCCCNC(=NC)NCCC(=O)N1CCCCC1C.I. The fraction of sp³-hybridized carbons (Fsp3) is 0.889. The average molecular weight is 468 g/mol. The number of unbranched alkanes of at least 4 members (excludes halogenated alkanes) is 1. The van der Waals surface area contributed by atoms with E-state index in [-0.39, 0.29) is 29.9 Å². The second kappa shape index (κ2) is 15.7. The molecule has 0 aromatic carbocycles. The van der Waals surface area contributed by atoms with E-state index in [2.05, 4.69) is 29.5 Å². The van der Waals surface area contributed by atoms with Crippen molar-refractivity contribution in [2.45, 2.75) is 64.8 Å². The third-order valence-electron chi connectivity index (χ3n) is 4.38. The van der Waals surface area contributed by atoms with E-state index in [1.54, 1.807) is 7.05 Å². The molecule has 1 unspecified atom stereocenters. The highest BCUT2D eigenvalue weighted by atomic mass is 127. The number of likely N-dealkylation sites (tertiary alicyclic amines) is 1. The number of hydrogen-bond donors (Lipinski definition) is 2. The Kier molecular flexibility index (Phi) is 15.3.